The minimum Gasteiger partial charge on any atom is -0.449 e. The zero-order valence-corrected chi connectivity index (χ0v) is 16.1. The molecule has 1 atom stereocenters. The monoisotopic (exact) mass is 371 g/mol. The molecule has 2 aromatic rings. The summed E-state index contributed by atoms with van der Waals surface area (Å²) in [5.41, 5.74) is 4.39. The maximum Gasteiger partial charge on any atom is 0.331 e. The van der Waals surface area contributed by atoms with Crippen molar-refractivity contribution in [2.75, 3.05) is 5.32 Å². The summed E-state index contributed by atoms with van der Waals surface area (Å²) in [5, 5.41) is 3.44. The molecular weight excluding hydrogens is 350 g/mol. The van der Waals surface area contributed by atoms with Crippen LogP contribution in [0.15, 0.2) is 42.5 Å². The molecule has 0 radical (unpaired) electrons. The molecule has 0 saturated heterocycles. The Morgan fingerprint density at radius 2 is 1.73 bits per heavy atom. The minimum atomic E-state index is -0.909. The molecule has 0 bridgehead atoms. The molecule has 0 aromatic heterocycles. The lowest BCUT2D eigenvalue weighted by Crippen LogP contribution is -2.30. The molecule has 1 amide bonds. The molecule has 0 aliphatic carbocycles. The van der Waals surface area contributed by atoms with E-state index in [2.05, 4.69) is 5.32 Å². The third-order valence-electron chi connectivity index (χ3n) is 4.00. The molecule has 0 aliphatic heterocycles. The molecular formula is C21H22ClNO3. The summed E-state index contributed by atoms with van der Waals surface area (Å²) in [6.07, 6.45) is 1.97. The molecule has 0 unspecified atom stereocenters. The highest BCUT2D eigenvalue weighted by Gasteiger charge is 2.18. The van der Waals surface area contributed by atoms with Gasteiger partial charge in [0.25, 0.3) is 5.91 Å². The van der Waals surface area contributed by atoms with Crippen LogP contribution >= 0.6 is 11.6 Å². The summed E-state index contributed by atoms with van der Waals surface area (Å²) in [6, 6.07) is 11.2. The summed E-state index contributed by atoms with van der Waals surface area (Å²) in [4.78, 5) is 24.2. The van der Waals surface area contributed by atoms with Crippen molar-refractivity contribution in [2.45, 2.75) is 33.8 Å². The fraction of sp³-hybridized carbons (Fsp3) is 0.238. The Bertz CT molecular complexity index is 838. The van der Waals surface area contributed by atoms with E-state index in [-0.39, 0.29) is 5.91 Å². The van der Waals surface area contributed by atoms with Gasteiger partial charge in [0.1, 0.15) is 0 Å². The maximum atomic E-state index is 12.3. The van der Waals surface area contributed by atoms with Gasteiger partial charge in [-0.1, -0.05) is 41.9 Å². The molecule has 0 aliphatic rings. The van der Waals surface area contributed by atoms with E-state index in [9.17, 15) is 9.59 Å². The highest BCUT2D eigenvalue weighted by molar-refractivity contribution is 6.31. The van der Waals surface area contributed by atoms with Crippen LogP contribution in [-0.4, -0.2) is 18.0 Å². The molecule has 2 rings (SSSR count). The molecule has 0 heterocycles. The van der Waals surface area contributed by atoms with Crippen LogP contribution in [-0.2, 0) is 14.3 Å². The van der Waals surface area contributed by atoms with E-state index >= 15 is 0 Å². The number of nitrogens with one attached hydrogen (secondary N) is 1. The molecule has 2 aromatic carbocycles. The van der Waals surface area contributed by atoms with Crippen molar-refractivity contribution in [3.05, 3.63) is 69.8 Å². The van der Waals surface area contributed by atoms with Crippen LogP contribution in [0.2, 0.25) is 5.02 Å². The summed E-state index contributed by atoms with van der Waals surface area (Å²) in [6.45, 7) is 7.27. The Kier molecular flexibility index (Phi) is 6.58. The Balaban J connectivity index is 1.96. The molecule has 26 heavy (non-hydrogen) atoms. The first kappa shape index (κ1) is 19.7. The Hall–Kier alpha value is -2.59. The number of aryl methyl sites for hydroxylation is 3. The van der Waals surface area contributed by atoms with Gasteiger partial charge in [0.2, 0.25) is 0 Å². The highest BCUT2D eigenvalue weighted by atomic mass is 35.5. The van der Waals surface area contributed by atoms with Gasteiger partial charge in [-0.25, -0.2) is 4.79 Å². The third-order valence-corrected chi connectivity index (χ3v) is 4.41. The first-order chi connectivity index (χ1) is 12.3. The fourth-order valence-electron chi connectivity index (χ4n) is 2.38. The number of carbonyl (C=O) groups is 2. The van der Waals surface area contributed by atoms with E-state index in [1.807, 2.05) is 51.1 Å². The van der Waals surface area contributed by atoms with Gasteiger partial charge in [0.15, 0.2) is 6.10 Å². The summed E-state index contributed by atoms with van der Waals surface area (Å²) >= 11 is 6.05. The van der Waals surface area contributed by atoms with Crippen LogP contribution < -0.4 is 5.32 Å². The second-order valence-electron chi connectivity index (χ2n) is 6.18. The van der Waals surface area contributed by atoms with Crippen molar-refractivity contribution in [1.29, 1.82) is 0 Å². The molecule has 4 nitrogen and oxygen atoms in total. The summed E-state index contributed by atoms with van der Waals surface area (Å²) in [7, 11) is 0. The van der Waals surface area contributed by atoms with Crippen molar-refractivity contribution >= 4 is 35.2 Å². The SMILES string of the molecule is Cc1ccc(/C=C/C(=O)O[C@H](C)C(=O)Nc2c(C)cccc2C)cc1Cl. The van der Waals surface area contributed by atoms with Gasteiger partial charge < -0.3 is 10.1 Å². The van der Waals surface area contributed by atoms with Gasteiger partial charge in [0, 0.05) is 16.8 Å². The Morgan fingerprint density at radius 1 is 1.08 bits per heavy atom. The van der Waals surface area contributed by atoms with Crippen LogP contribution in [0.4, 0.5) is 5.69 Å². The van der Waals surface area contributed by atoms with Crippen LogP contribution in [0.5, 0.6) is 0 Å². The number of benzene rings is 2. The topological polar surface area (TPSA) is 55.4 Å². The first-order valence-electron chi connectivity index (χ1n) is 8.30. The number of esters is 1. The van der Waals surface area contributed by atoms with Crippen molar-refractivity contribution < 1.29 is 14.3 Å². The van der Waals surface area contributed by atoms with Crippen molar-refractivity contribution in [1.82, 2.24) is 0 Å². The second kappa shape index (κ2) is 8.68. The average Bonchev–Trinajstić information content (AvgIpc) is 2.59. The number of halogens is 1. The second-order valence-corrected chi connectivity index (χ2v) is 6.58. The largest absolute Gasteiger partial charge is 0.449 e. The van der Waals surface area contributed by atoms with Gasteiger partial charge in [-0.3, -0.25) is 4.79 Å². The van der Waals surface area contributed by atoms with Gasteiger partial charge in [-0.2, -0.15) is 0 Å². The van der Waals surface area contributed by atoms with Gasteiger partial charge in [-0.05, 0) is 62.1 Å². The molecule has 136 valence electrons. The number of para-hydroxylation sites is 1. The molecule has 5 heteroatoms. The van der Waals surface area contributed by atoms with Gasteiger partial charge >= 0.3 is 5.97 Å². The highest BCUT2D eigenvalue weighted by Crippen LogP contribution is 2.20. The first-order valence-corrected chi connectivity index (χ1v) is 8.67. The zero-order chi connectivity index (χ0) is 19.3. The van der Waals surface area contributed by atoms with Crippen LogP contribution in [0.1, 0.15) is 29.2 Å². The van der Waals surface area contributed by atoms with Crippen molar-refractivity contribution in [2.24, 2.45) is 0 Å². The Morgan fingerprint density at radius 3 is 2.35 bits per heavy atom. The fourth-order valence-corrected chi connectivity index (χ4v) is 2.57. The summed E-state index contributed by atoms with van der Waals surface area (Å²) in [5.74, 6) is -0.964. The van der Waals surface area contributed by atoms with E-state index in [0.717, 1.165) is 27.9 Å². The van der Waals surface area contributed by atoms with E-state index < -0.39 is 12.1 Å². The molecule has 0 spiro atoms. The van der Waals surface area contributed by atoms with Gasteiger partial charge in [-0.15, -0.1) is 0 Å². The molecule has 0 fully saturated rings. The smallest absolute Gasteiger partial charge is 0.331 e. The number of anilines is 1. The van der Waals surface area contributed by atoms with Crippen molar-refractivity contribution in [3.8, 4) is 0 Å². The predicted octanol–water partition coefficient (Wildman–Crippen LogP) is 4.85. The number of hydrogen-bond acceptors (Lipinski definition) is 3. The maximum absolute atomic E-state index is 12.3. The van der Waals surface area contributed by atoms with Crippen LogP contribution in [0, 0.1) is 20.8 Å². The predicted molar refractivity (Wildman–Crippen MR) is 105 cm³/mol. The molecule has 0 saturated carbocycles. The molecule has 1 N–H and O–H groups in total. The zero-order valence-electron chi connectivity index (χ0n) is 15.3. The lowest BCUT2D eigenvalue weighted by Gasteiger charge is -2.15. The van der Waals surface area contributed by atoms with Crippen LogP contribution in [0.25, 0.3) is 6.08 Å². The Labute approximate surface area is 158 Å². The van der Waals surface area contributed by atoms with E-state index in [0.29, 0.717) is 5.02 Å². The van der Waals surface area contributed by atoms with Crippen LogP contribution in [0.3, 0.4) is 0 Å². The number of carbonyl (C=O) groups excluding carboxylic acids is 2. The lowest BCUT2D eigenvalue weighted by molar-refractivity contribution is -0.148. The van der Waals surface area contributed by atoms with Gasteiger partial charge in [0.05, 0.1) is 0 Å². The number of ether oxygens (including phenoxy) is 1. The number of rotatable bonds is 5. The number of hydrogen-bond donors (Lipinski definition) is 1. The quantitative estimate of drug-likeness (QED) is 0.603. The van der Waals surface area contributed by atoms with E-state index in [1.165, 1.54) is 13.0 Å². The minimum absolute atomic E-state index is 0.373. The lowest BCUT2D eigenvalue weighted by atomic mass is 10.1. The van der Waals surface area contributed by atoms with E-state index in [1.54, 1.807) is 12.1 Å². The van der Waals surface area contributed by atoms with Crippen molar-refractivity contribution in [3.63, 3.8) is 0 Å². The average molecular weight is 372 g/mol. The van der Waals surface area contributed by atoms with E-state index in [4.69, 9.17) is 16.3 Å². The number of amides is 1. The standard InChI is InChI=1S/C21H22ClNO3/c1-13-8-9-17(12-18(13)22)10-11-19(24)26-16(4)21(25)23-20-14(2)6-5-7-15(20)3/h5-12,16H,1-4H3,(H,23,25)/b11-10+/t16-/m1/s1. The summed E-state index contributed by atoms with van der Waals surface area (Å²) < 4.78 is 5.17. The third kappa shape index (κ3) is 5.20. The normalized spacial score (nSPS) is 12.0.